The lowest BCUT2D eigenvalue weighted by Gasteiger charge is -2.20. The Morgan fingerprint density at radius 2 is 2.00 bits per heavy atom. The van der Waals surface area contributed by atoms with Gasteiger partial charge in [0.1, 0.15) is 17.5 Å². The molecule has 0 saturated carbocycles. The Balaban J connectivity index is 1.77. The van der Waals surface area contributed by atoms with Gasteiger partial charge in [0, 0.05) is 17.8 Å². The van der Waals surface area contributed by atoms with Gasteiger partial charge in [-0.25, -0.2) is 13.9 Å². The number of fused-ring (bicyclic) bond motifs is 1. The Kier molecular flexibility index (Phi) is 3.78. The fourth-order valence-corrected chi connectivity index (χ4v) is 3.83. The first kappa shape index (κ1) is 15.8. The largest absolute Gasteiger partial charge is 0.480 e. The molecular formula is C18H18FN3O3. The van der Waals surface area contributed by atoms with Gasteiger partial charge in [0.25, 0.3) is 5.91 Å². The van der Waals surface area contributed by atoms with Crippen LogP contribution in [0.1, 0.15) is 41.0 Å². The number of hydrogen-bond donors (Lipinski definition) is 1. The lowest BCUT2D eigenvalue weighted by Crippen LogP contribution is -2.40. The van der Waals surface area contributed by atoms with Gasteiger partial charge in [0.2, 0.25) is 0 Å². The number of carbonyl (C=O) groups is 2. The molecule has 2 aromatic rings. The van der Waals surface area contributed by atoms with E-state index in [-0.39, 0.29) is 11.6 Å². The second-order valence-electron chi connectivity index (χ2n) is 6.49. The molecule has 0 spiro atoms. The van der Waals surface area contributed by atoms with E-state index in [4.69, 9.17) is 0 Å². The predicted octanol–water partition coefficient (Wildman–Crippen LogP) is 2.19. The average Bonchev–Trinajstić information content (AvgIpc) is 3.31. The molecule has 130 valence electrons. The molecule has 1 amide bonds. The molecule has 1 saturated heterocycles. The second-order valence-corrected chi connectivity index (χ2v) is 6.49. The number of nitrogens with zero attached hydrogens (tertiary/aromatic N) is 3. The first-order valence-electron chi connectivity index (χ1n) is 8.47. The monoisotopic (exact) mass is 343 g/mol. The molecule has 1 atom stereocenters. The number of hydrogen-bond acceptors (Lipinski definition) is 3. The third kappa shape index (κ3) is 2.50. The lowest BCUT2D eigenvalue weighted by molar-refractivity contribution is -0.141. The maximum atomic E-state index is 14.2. The Hall–Kier alpha value is -2.70. The predicted molar refractivity (Wildman–Crippen MR) is 87.2 cm³/mol. The van der Waals surface area contributed by atoms with Crippen LogP contribution in [0, 0.1) is 5.82 Å². The molecule has 1 unspecified atom stereocenters. The molecule has 2 heterocycles. The minimum absolute atomic E-state index is 0.268. The van der Waals surface area contributed by atoms with Gasteiger partial charge >= 0.3 is 5.97 Å². The standard InChI is InChI=1S/C18H18FN3O3/c19-12-6-1-2-7-14(12)22-13-8-3-5-11(13)16(20-22)17(23)21-10-4-9-15(21)18(24)25/h1-2,6-7,15H,3-5,8-10H2,(H,24,25). The van der Waals surface area contributed by atoms with E-state index in [1.807, 2.05) is 0 Å². The maximum absolute atomic E-state index is 14.2. The van der Waals surface area contributed by atoms with Crippen LogP contribution in [0.25, 0.3) is 5.69 Å². The van der Waals surface area contributed by atoms with Crippen LogP contribution in [0.3, 0.4) is 0 Å². The van der Waals surface area contributed by atoms with Crippen molar-refractivity contribution in [3.63, 3.8) is 0 Å². The first-order chi connectivity index (χ1) is 12.1. The highest BCUT2D eigenvalue weighted by Gasteiger charge is 2.38. The summed E-state index contributed by atoms with van der Waals surface area (Å²) in [4.78, 5) is 25.7. The molecule has 1 aliphatic heterocycles. The number of aromatic nitrogens is 2. The molecule has 1 N–H and O–H groups in total. The fourth-order valence-electron chi connectivity index (χ4n) is 3.83. The van der Waals surface area contributed by atoms with Crippen LogP contribution in [-0.2, 0) is 17.6 Å². The topological polar surface area (TPSA) is 75.4 Å². The maximum Gasteiger partial charge on any atom is 0.326 e. The van der Waals surface area contributed by atoms with E-state index in [1.165, 1.54) is 15.6 Å². The molecule has 1 aliphatic carbocycles. The van der Waals surface area contributed by atoms with Gasteiger partial charge in [-0.05, 0) is 44.2 Å². The number of rotatable bonds is 3. The van der Waals surface area contributed by atoms with Crippen molar-refractivity contribution in [2.75, 3.05) is 6.54 Å². The number of carboxylic acids is 1. The van der Waals surface area contributed by atoms with Crippen LogP contribution in [0.5, 0.6) is 0 Å². The molecule has 1 fully saturated rings. The van der Waals surface area contributed by atoms with E-state index in [1.54, 1.807) is 18.2 Å². The number of amides is 1. The number of carbonyl (C=O) groups excluding carboxylic acids is 1. The summed E-state index contributed by atoms with van der Waals surface area (Å²) in [7, 11) is 0. The zero-order valence-corrected chi connectivity index (χ0v) is 13.6. The van der Waals surface area contributed by atoms with Gasteiger partial charge in [0.05, 0.1) is 0 Å². The van der Waals surface area contributed by atoms with Crippen LogP contribution in [0.4, 0.5) is 4.39 Å². The Labute approximate surface area is 143 Å². The molecule has 7 heteroatoms. The van der Waals surface area contributed by atoms with E-state index in [9.17, 15) is 19.1 Å². The van der Waals surface area contributed by atoms with Crippen molar-refractivity contribution in [1.82, 2.24) is 14.7 Å². The van der Waals surface area contributed by atoms with Crippen LogP contribution in [0.2, 0.25) is 0 Å². The second kappa shape index (κ2) is 5.98. The van der Waals surface area contributed by atoms with Gasteiger partial charge in [-0.3, -0.25) is 4.79 Å². The van der Waals surface area contributed by atoms with Crippen molar-refractivity contribution in [1.29, 1.82) is 0 Å². The number of carboxylic acid groups (broad SMARTS) is 1. The summed E-state index contributed by atoms with van der Waals surface area (Å²) < 4.78 is 15.7. The molecule has 25 heavy (non-hydrogen) atoms. The highest BCUT2D eigenvalue weighted by Crippen LogP contribution is 2.30. The summed E-state index contributed by atoms with van der Waals surface area (Å²) >= 11 is 0. The quantitative estimate of drug-likeness (QED) is 0.927. The molecule has 6 nitrogen and oxygen atoms in total. The van der Waals surface area contributed by atoms with Crippen LogP contribution in [0.15, 0.2) is 24.3 Å². The molecule has 2 aliphatic rings. The van der Waals surface area contributed by atoms with E-state index in [2.05, 4.69) is 5.10 Å². The molecule has 0 radical (unpaired) electrons. The van der Waals surface area contributed by atoms with Crippen LogP contribution >= 0.6 is 0 Å². The molecule has 1 aromatic heterocycles. The molecular weight excluding hydrogens is 325 g/mol. The number of benzene rings is 1. The first-order valence-corrected chi connectivity index (χ1v) is 8.47. The SMILES string of the molecule is O=C(O)C1CCCN1C(=O)c1nn(-c2ccccc2F)c2c1CCC2. The van der Waals surface area contributed by atoms with Gasteiger partial charge in [0.15, 0.2) is 5.69 Å². The lowest BCUT2D eigenvalue weighted by atomic mass is 10.1. The summed E-state index contributed by atoms with van der Waals surface area (Å²) in [6.07, 6.45) is 3.43. The normalized spacial score (nSPS) is 19.2. The summed E-state index contributed by atoms with van der Waals surface area (Å²) in [6, 6.07) is 5.52. The Bertz CT molecular complexity index is 861. The zero-order chi connectivity index (χ0) is 17.6. The number of halogens is 1. The van der Waals surface area contributed by atoms with Crippen molar-refractivity contribution in [3.8, 4) is 5.69 Å². The van der Waals surface area contributed by atoms with E-state index in [0.29, 0.717) is 31.5 Å². The van der Waals surface area contributed by atoms with E-state index < -0.39 is 17.8 Å². The van der Waals surface area contributed by atoms with Crippen molar-refractivity contribution in [3.05, 3.63) is 47.0 Å². The summed E-state index contributed by atoms with van der Waals surface area (Å²) in [5, 5.41) is 13.7. The molecule has 4 rings (SSSR count). The van der Waals surface area contributed by atoms with Crippen molar-refractivity contribution >= 4 is 11.9 Å². The highest BCUT2D eigenvalue weighted by atomic mass is 19.1. The third-order valence-corrected chi connectivity index (χ3v) is 5.01. The molecule has 1 aromatic carbocycles. The van der Waals surface area contributed by atoms with Gasteiger partial charge in [-0.2, -0.15) is 5.10 Å². The number of para-hydroxylation sites is 1. The van der Waals surface area contributed by atoms with Crippen LogP contribution in [-0.4, -0.2) is 44.3 Å². The summed E-state index contributed by atoms with van der Waals surface area (Å²) in [5.41, 5.74) is 2.25. The molecule has 0 bridgehead atoms. The third-order valence-electron chi connectivity index (χ3n) is 5.01. The number of likely N-dealkylation sites (tertiary alicyclic amines) is 1. The minimum atomic E-state index is -0.990. The van der Waals surface area contributed by atoms with Gasteiger partial charge in [-0.1, -0.05) is 12.1 Å². The summed E-state index contributed by atoms with van der Waals surface area (Å²) in [6.45, 7) is 0.414. The van der Waals surface area contributed by atoms with Crippen molar-refractivity contribution < 1.29 is 19.1 Å². The minimum Gasteiger partial charge on any atom is -0.480 e. The Morgan fingerprint density at radius 3 is 2.76 bits per heavy atom. The highest BCUT2D eigenvalue weighted by molar-refractivity contribution is 5.97. The zero-order valence-electron chi connectivity index (χ0n) is 13.6. The van der Waals surface area contributed by atoms with E-state index >= 15 is 0 Å². The Morgan fingerprint density at radius 1 is 1.20 bits per heavy atom. The smallest absolute Gasteiger partial charge is 0.326 e. The number of aliphatic carboxylic acids is 1. The summed E-state index contributed by atoms with van der Waals surface area (Å²) in [5.74, 6) is -1.75. The van der Waals surface area contributed by atoms with Crippen LogP contribution < -0.4 is 0 Å². The average molecular weight is 343 g/mol. The van der Waals surface area contributed by atoms with E-state index in [0.717, 1.165) is 24.1 Å². The van der Waals surface area contributed by atoms with Gasteiger partial charge in [-0.15, -0.1) is 0 Å². The van der Waals surface area contributed by atoms with Gasteiger partial charge < -0.3 is 10.0 Å². The van der Waals surface area contributed by atoms with Crippen molar-refractivity contribution in [2.45, 2.75) is 38.1 Å². The fraction of sp³-hybridized carbons (Fsp3) is 0.389. The van der Waals surface area contributed by atoms with Crippen molar-refractivity contribution in [2.24, 2.45) is 0 Å².